The maximum absolute atomic E-state index is 12.4. The van der Waals surface area contributed by atoms with Crippen molar-refractivity contribution in [2.75, 3.05) is 0 Å². The lowest BCUT2D eigenvalue weighted by Crippen LogP contribution is -2.26. The minimum absolute atomic E-state index is 0.0287. The number of aromatic nitrogens is 2. The third kappa shape index (κ3) is 2.53. The van der Waals surface area contributed by atoms with E-state index in [1.54, 1.807) is 11.3 Å². The molecule has 1 aliphatic rings. The van der Waals surface area contributed by atoms with Gasteiger partial charge in [0.05, 0.1) is 11.4 Å². The summed E-state index contributed by atoms with van der Waals surface area (Å²) in [4.78, 5) is 22.0. The van der Waals surface area contributed by atoms with E-state index in [0.717, 1.165) is 29.5 Å². The smallest absolute Gasteiger partial charge is 0.259 e. The highest BCUT2D eigenvalue weighted by Crippen LogP contribution is 2.41. The van der Waals surface area contributed by atoms with Gasteiger partial charge in [0.2, 0.25) is 0 Å². The topological polar surface area (TPSA) is 71.8 Å². The number of nitrogens with one attached hydrogen (secondary N) is 1. The Bertz CT molecular complexity index is 736. The number of aromatic amines is 1. The van der Waals surface area contributed by atoms with Crippen LogP contribution in [0.4, 0.5) is 0 Å². The van der Waals surface area contributed by atoms with Gasteiger partial charge in [0.15, 0.2) is 0 Å². The predicted molar refractivity (Wildman–Crippen MR) is 87.8 cm³/mol. The highest BCUT2D eigenvalue weighted by Gasteiger charge is 2.31. The van der Waals surface area contributed by atoms with Crippen molar-refractivity contribution >= 4 is 21.6 Å². The minimum Gasteiger partial charge on any atom is -0.322 e. The van der Waals surface area contributed by atoms with Crippen LogP contribution in [0.15, 0.2) is 4.79 Å². The molecule has 0 aromatic carbocycles. The summed E-state index contributed by atoms with van der Waals surface area (Å²) < 4.78 is 0. The monoisotopic (exact) mass is 305 g/mol. The van der Waals surface area contributed by atoms with E-state index in [1.165, 1.54) is 10.4 Å². The number of hydrogen-bond acceptors (Lipinski definition) is 4. The Kier molecular flexibility index (Phi) is 3.45. The second-order valence-electron chi connectivity index (χ2n) is 7.23. The highest BCUT2D eigenvalue weighted by molar-refractivity contribution is 7.18. The lowest BCUT2D eigenvalue weighted by molar-refractivity contribution is 0.218. The fraction of sp³-hybridized carbons (Fsp3) is 0.625. The third-order valence-electron chi connectivity index (χ3n) is 4.59. The Morgan fingerprint density at radius 3 is 2.76 bits per heavy atom. The molecule has 2 atom stereocenters. The minimum atomic E-state index is -0.247. The molecular formula is C16H23N3OS. The van der Waals surface area contributed by atoms with Crippen molar-refractivity contribution in [2.24, 2.45) is 17.1 Å². The number of hydrogen-bond donors (Lipinski definition) is 2. The zero-order valence-corrected chi connectivity index (χ0v) is 13.9. The molecule has 4 nitrogen and oxygen atoms in total. The Hall–Kier alpha value is -1.20. The van der Waals surface area contributed by atoms with Crippen LogP contribution in [0.3, 0.4) is 0 Å². The summed E-state index contributed by atoms with van der Waals surface area (Å²) in [6, 6.07) is -0.247. The van der Waals surface area contributed by atoms with Crippen LogP contribution < -0.4 is 11.3 Å². The largest absolute Gasteiger partial charge is 0.322 e. The molecule has 0 spiro atoms. The molecule has 0 bridgehead atoms. The molecule has 0 aliphatic heterocycles. The van der Waals surface area contributed by atoms with Crippen LogP contribution in [0.25, 0.3) is 10.2 Å². The van der Waals surface area contributed by atoms with Gasteiger partial charge in [0.25, 0.3) is 5.56 Å². The molecule has 2 aromatic rings. The lowest BCUT2D eigenvalue weighted by Gasteiger charge is -2.33. The van der Waals surface area contributed by atoms with Crippen molar-refractivity contribution in [1.82, 2.24) is 9.97 Å². The van der Waals surface area contributed by atoms with Gasteiger partial charge in [-0.1, -0.05) is 20.8 Å². The van der Waals surface area contributed by atoms with Crippen LogP contribution >= 0.6 is 11.3 Å². The molecule has 0 fully saturated rings. The Morgan fingerprint density at radius 1 is 1.43 bits per heavy atom. The van der Waals surface area contributed by atoms with Gasteiger partial charge < -0.3 is 10.7 Å². The number of nitrogens with zero attached hydrogens (tertiary/aromatic N) is 1. The second kappa shape index (κ2) is 4.92. The molecule has 2 unspecified atom stereocenters. The number of H-pyrrole nitrogens is 1. The van der Waals surface area contributed by atoms with E-state index in [0.29, 0.717) is 17.2 Å². The first-order chi connectivity index (χ1) is 9.77. The second-order valence-corrected chi connectivity index (χ2v) is 8.31. The van der Waals surface area contributed by atoms with E-state index < -0.39 is 0 Å². The zero-order chi connectivity index (χ0) is 15.4. The van der Waals surface area contributed by atoms with E-state index in [9.17, 15) is 4.79 Å². The van der Waals surface area contributed by atoms with Crippen LogP contribution in [-0.4, -0.2) is 9.97 Å². The molecule has 2 heterocycles. The van der Waals surface area contributed by atoms with Gasteiger partial charge in [-0.15, -0.1) is 11.3 Å². The SMILES string of the molecule is CC(N)c1nc2sc3c(c2c(=O)[nH]1)CCC(C(C)(C)C)C3. The number of nitrogens with two attached hydrogens (primary N) is 1. The average Bonchev–Trinajstić information content (AvgIpc) is 2.74. The molecule has 3 rings (SSSR count). The van der Waals surface area contributed by atoms with Crippen LogP contribution in [0.1, 0.15) is 56.4 Å². The molecule has 1 aliphatic carbocycles. The molecule has 5 heteroatoms. The molecule has 0 saturated heterocycles. The first-order valence-corrected chi connectivity index (χ1v) is 8.39. The number of thiophene rings is 1. The van der Waals surface area contributed by atoms with Crippen molar-refractivity contribution in [1.29, 1.82) is 0 Å². The molecular weight excluding hydrogens is 282 g/mol. The van der Waals surface area contributed by atoms with E-state index in [-0.39, 0.29) is 11.6 Å². The highest BCUT2D eigenvalue weighted by atomic mass is 32.1. The van der Waals surface area contributed by atoms with Crippen molar-refractivity contribution in [3.8, 4) is 0 Å². The first kappa shape index (κ1) is 14.7. The zero-order valence-electron chi connectivity index (χ0n) is 13.1. The fourth-order valence-corrected chi connectivity index (χ4v) is 4.46. The van der Waals surface area contributed by atoms with Crippen molar-refractivity contribution in [3.63, 3.8) is 0 Å². The Morgan fingerprint density at radius 2 is 2.14 bits per heavy atom. The van der Waals surface area contributed by atoms with E-state index in [2.05, 4.69) is 30.7 Å². The molecule has 0 saturated carbocycles. The van der Waals surface area contributed by atoms with Gasteiger partial charge in [-0.05, 0) is 43.1 Å². The van der Waals surface area contributed by atoms with Gasteiger partial charge in [-0.25, -0.2) is 4.98 Å². The number of rotatable bonds is 1. The fourth-order valence-electron chi connectivity index (χ4n) is 3.16. The molecule has 114 valence electrons. The molecule has 2 aromatic heterocycles. The van der Waals surface area contributed by atoms with E-state index >= 15 is 0 Å². The summed E-state index contributed by atoms with van der Waals surface area (Å²) in [6.07, 6.45) is 3.20. The van der Waals surface area contributed by atoms with Crippen LogP contribution in [0.2, 0.25) is 0 Å². The molecule has 21 heavy (non-hydrogen) atoms. The van der Waals surface area contributed by atoms with Crippen LogP contribution in [0.5, 0.6) is 0 Å². The average molecular weight is 305 g/mol. The van der Waals surface area contributed by atoms with E-state index in [4.69, 9.17) is 5.73 Å². The van der Waals surface area contributed by atoms with Gasteiger partial charge in [-0.2, -0.15) is 0 Å². The predicted octanol–water partition coefficient (Wildman–Crippen LogP) is 3.16. The Labute approximate surface area is 128 Å². The van der Waals surface area contributed by atoms with Gasteiger partial charge in [-0.3, -0.25) is 4.79 Å². The molecule has 3 N–H and O–H groups in total. The van der Waals surface area contributed by atoms with Gasteiger partial charge in [0, 0.05) is 4.88 Å². The first-order valence-electron chi connectivity index (χ1n) is 7.57. The van der Waals surface area contributed by atoms with Crippen molar-refractivity contribution in [3.05, 3.63) is 26.6 Å². The summed E-state index contributed by atoms with van der Waals surface area (Å²) in [7, 11) is 0. The third-order valence-corrected chi connectivity index (χ3v) is 5.74. The lowest BCUT2D eigenvalue weighted by atomic mass is 9.72. The maximum atomic E-state index is 12.4. The van der Waals surface area contributed by atoms with Crippen LogP contribution in [0, 0.1) is 11.3 Å². The molecule has 0 amide bonds. The summed E-state index contributed by atoms with van der Waals surface area (Å²) in [5.74, 6) is 1.25. The standard InChI is InChI=1S/C16H23N3OS/c1-8(17)13-18-14(20)12-10-6-5-9(16(2,3)4)7-11(10)21-15(12)19-13/h8-9H,5-7,17H2,1-4H3,(H,18,19,20). The van der Waals surface area contributed by atoms with Gasteiger partial charge in [0.1, 0.15) is 10.7 Å². The summed E-state index contributed by atoms with van der Waals surface area (Å²) >= 11 is 1.68. The summed E-state index contributed by atoms with van der Waals surface area (Å²) in [6.45, 7) is 8.74. The maximum Gasteiger partial charge on any atom is 0.259 e. The van der Waals surface area contributed by atoms with Crippen molar-refractivity contribution in [2.45, 2.75) is 53.0 Å². The summed E-state index contributed by atoms with van der Waals surface area (Å²) in [5, 5.41) is 0.798. The van der Waals surface area contributed by atoms with E-state index in [1.807, 2.05) is 6.92 Å². The normalized spacial score (nSPS) is 20.5. The molecule has 0 radical (unpaired) electrons. The number of aryl methyl sites for hydroxylation is 1. The quantitative estimate of drug-likeness (QED) is 0.850. The van der Waals surface area contributed by atoms with Crippen LogP contribution in [-0.2, 0) is 12.8 Å². The number of fused-ring (bicyclic) bond motifs is 3. The van der Waals surface area contributed by atoms with Crippen molar-refractivity contribution < 1.29 is 0 Å². The van der Waals surface area contributed by atoms with Gasteiger partial charge >= 0.3 is 0 Å². The Balaban J connectivity index is 2.11. The summed E-state index contributed by atoms with van der Waals surface area (Å²) in [5.41, 5.74) is 7.35.